The van der Waals surface area contributed by atoms with E-state index in [1.807, 2.05) is 0 Å². The van der Waals surface area contributed by atoms with Crippen molar-refractivity contribution in [3.8, 4) is 0 Å². The van der Waals surface area contributed by atoms with Crippen LogP contribution in [-0.4, -0.2) is 24.0 Å². The van der Waals surface area contributed by atoms with Gasteiger partial charge in [0.1, 0.15) is 23.8 Å². The summed E-state index contributed by atoms with van der Waals surface area (Å²) in [5.41, 5.74) is 0.530. The summed E-state index contributed by atoms with van der Waals surface area (Å²) >= 11 is 0. The van der Waals surface area contributed by atoms with Crippen LogP contribution in [0.3, 0.4) is 0 Å². The van der Waals surface area contributed by atoms with Crippen LogP contribution >= 0.6 is 0 Å². The van der Waals surface area contributed by atoms with E-state index in [2.05, 4.69) is 9.68 Å². The second kappa shape index (κ2) is 4.39. The maximum Gasteiger partial charge on any atom is 0.343 e. The van der Waals surface area contributed by atoms with Crippen molar-refractivity contribution in [3.05, 3.63) is 17.5 Å². The average molecular weight is 183 g/mol. The number of esters is 1. The summed E-state index contributed by atoms with van der Waals surface area (Å²) in [6.45, 7) is 1.98. The summed E-state index contributed by atoms with van der Waals surface area (Å²) in [4.78, 5) is 21.3. The Morgan fingerprint density at radius 1 is 1.77 bits per heavy atom. The fourth-order valence-corrected chi connectivity index (χ4v) is 0.861. The van der Waals surface area contributed by atoms with Crippen LogP contribution in [0, 0.1) is 0 Å². The van der Waals surface area contributed by atoms with Gasteiger partial charge in [-0.3, -0.25) is 0 Å². The van der Waals surface area contributed by atoms with Gasteiger partial charge in [0.2, 0.25) is 0 Å². The molecule has 13 heavy (non-hydrogen) atoms. The van der Waals surface area contributed by atoms with Crippen molar-refractivity contribution in [1.29, 1.82) is 0 Å². The highest BCUT2D eigenvalue weighted by molar-refractivity contribution is 5.90. The Labute approximate surface area is 74.7 Å². The van der Waals surface area contributed by atoms with Crippen LogP contribution < -0.4 is 0 Å². The van der Waals surface area contributed by atoms with E-state index < -0.39 is 5.97 Å². The molecule has 0 radical (unpaired) electrons. The first-order valence-corrected chi connectivity index (χ1v) is 3.83. The van der Waals surface area contributed by atoms with Crippen LogP contribution in [0.1, 0.15) is 23.0 Å². The fourth-order valence-electron chi connectivity index (χ4n) is 0.861. The van der Waals surface area contributed by atoms with Gasteiger partial charge in [0, 0.05) is 6.42 Å². The molecule has 0 bridgehead atoms. The maximum absolute atomic E-state index is 11.2. The van der Waals surface area contributed by atoms with Crippen LogP contribution in [0.5, 0.6) is 0 Å². The lowest BCUT2D eigenvalue weighted by molar-refractivity contribution is -0.107. The normalized spacial score (nSPS) is 9.62. The van der Waals surface area contributed by atoms with E-state index in [9.17, 15) is 9.59 Å². The zero-order valence-electron chi connectivity index (χ0n) is 7.15. The van der Waals surface area contributed by atoms with Crippen LogP contribution in [0.2, 0.25) is 0 Å². The molecule has 0 saturated heterocycles. The van der Waals surface area contributed by atoms with Gasteiger partial charge in [-0.15, -0.1) is 0 Å². The van der Waals surface area contributed by atoms with Gasteiger partial charge in [-0.1, -0.05) is 5.16 Å². The lowest BCUT2D eigenvalue weighted by Gasteiger charge is -1.97. The first-order valence-electron chi connectivity index (χ1n) is 3.83. The smallest absolute Gasteiger partial charge is 0.343 e. The second-order valence-electron chi connectivity index (χ2n) is 2.27. The summed E-state index contributed by atoms with van der Waals surface area (Å²) < 4.78 is 9.27. The molecule has 70 valence electrons. The van der Waals surface area contributed by atoms with E-state index in [0.717, 1.165) is 0 Å². The molecule has 5 heteroatoms. The van der Waals surface area contributed by atoms with Gasteiger partial charge in [-0.05, 0) is 6.92 Å². The van der Waals surface area contributed by atoms with Crippen molar-refractivity contribution in [3.63, 3.8) is 0 Å². The molecule has 0 aliphatic heterocycles. The minimum absolute atomic E-state index is 0.0602. The summed E-state index contributed by atoms with van der Waals surface area (Å²) in [6.07, 6.45) is 1.89. The van der Waals surface area contributed by atoms with Crippen LogP contribution in [0.15, 0.2) is 10.8 Å². The monoisotopic (exact) mass is 183 g/mol. The van der Waals surface area contributed by atoms with E-state index in [-0.39, 0.29) is 18.6 Å². The minimum atomic E-state index is -0.513. The number of hydrogen-bond donors (Lipinski definition) is 0. The third-order valence-corrected chi connectivity index (χ3v) is 1.42. The molecule has 1 heterocycles. The first kappa shape index (κ1) is 9.44. The molecule has 1 aromatic heterocycles. The molecular weight excluding hydrogens is 174 g/mol. The van der Waals surface area contributed by atoms with Gasteiger partial charge in [-0.2, -0.15) is 0 Å². The highest BCUT2D eigenvalue weighted by atomic mass is 16.5. The number of carbonyl (C=O) groups is 2. The molecule has 0 amide bonds. The van der Waals surface area contributed by atoms with E-state index in [1.165, 1.54) is 6.26 Å². The van der Waals surface area contributed by atoms with Crippen molar-refractivity contribution in [2.75, 3.05) is 6.61 Å². The Morgan fingerprint density at radius 2 is 2.54 bits per heavy atom. The standard InChI is InChI=1S/C8H9NO4/c1-2-12-8(11)6-5-13-9-7(6)3-4-10/h4-5H,2-3H2,1H3. The third kappa shape index (κ3) is 2.14. The Hall–Kier alpha value is -1.65. The Morgan fingerprint density at radius 3 is 3.15 bits per heavy atom. The van der Waals surface area contributed by atoms with Gasteiger partial charge in [0.25, 0.3) is 0 Å². The zero-order chi connectivity index (χ0) is 9.68. The van der Waals surface area contributed by atoms with Crippen LogP contribution in [0.4, 0.5) is 0 Å². The number of nitrogens with zero attached hydrogens (tertiary/aromatic N) is 1. The fraction of sp³-hybridized carbons (Fsp3) is 0.375. The SMILES string of the molecule is CCOC(=O)c1conc1CC=O. The highest BCUT2D eigenvalue weighted by Gasteiger charge is 2.15. The largest absolute Gasteiger partial charge is 0.462 e. The molecule has 1 aromatic rings. The molecule has 0 atom stereocenters. The Kier molecular flexibility index (Phi) is 3.19. The van der Waals surface area contributed by atoms with E-state index in [1.54, 1.807) is 6.92 Å². The molecule has 0 spiro atoms. The van der Waals surface area contributed by atoms with Crippen molar-refractivity contribution in [1.82, 2.24) is 5.16 Å². The summed E-state index contributed by atoms with van der Waals surface area (Å²) in [6, 6.07) is 0. The molecule has 5 nitrogen and oxygen atoms in total. The number of hydrogen-bond acceptors (Lipinski definition) is 5. The quantitative estimate of drug-likeness (QED) is 0.504. The Bertz CT molecular complexity index is 305. The molecule has 0 aromatic carbocycles. The van der Waals surface area contributed by atoms with Gasteiger partial charge in [0.15, 0.2) is 0 Å². The number of aldehydes is 1. The molecule has 1 rings (SSSR count). The van der Waals surface area contributed by atoms with Gasteiger partial charge < -0.3 is 14.1 Å². The third-order valence-electron chi connectivity index (χ3n) is 1.42. The van der Waals surface area contributed by atoms with E-state index in [4.69, 9.17) is 4.74 Å². The van der Waals surface area contributed by atoms with Crippen LogP contribution in [-0.2, 0) is 16.0 Å². The van der Waals surface area contributed by atoms with Crippen molar-refractivity contribution >= 4 is 12.3 Å². The molecule has 0 N–H and O–H groups in total. The summed E-state index contributed by atoms with van der Waals surface area (Å²) in [5.74, 6) is -0.513. The van der Waals surface area contributed by atoms with Crippen LogP contribution in [0.25, 0.3) is 0 Å². The van der Waals surface area contributed by atoms with Gasteiger partial charge in [0.05, 0.1) is 6.61 Å². The molecule has 0 aliphatic carbocycles. The van der Waals surface area contributed by atoms with Crippen molar-refractivity contribution in [2.24, 2.45) is 0 Å². The lowest BCUT2D eigenvalue weighted by Crippen LogP contribution is -2.06. The first-order chi connectivity index (χ1) is 6.29. The molecule has 0 saturated carbocycles. The summed E-state index contributed by atoms with van der Waals surface area (Å²) in [5, 5.41) is 3.50. The minimum Gasteiger partial charge on any atom is -0.462 e. The predicted octanol–water partition coefficient (Wildman–Crippen LogP) is 0.593. The lowest BCUT2D eigenvalue weighted by atomic mass is 10.2. The zero-order valence-corrected chi connectivity index (χ0v) is 7.15. The summed E-state index contributed by atoms with van der Waals surface area (Å²) in [7, 11) is 0. The Balaban J connectivity index is 2.80. The van der Waals surface area contributed by atoms with Gasteiger partial charge in [-0.25, -0.2) is 4.79 Å². The molecule has 0 aliphatic rings. The number of aromatic nitrogens is 1. The van der Waals surface area contributed by atoms with Crippen molar-refractivity contribution in [2.45, 2.75) is 13.3 Å². The molecular formula is C8H9NO4. The number of rotatable bonds is 4. The average Bonchev–Trinajstić information content (AvgIpc) is 2.54. The van der Waals surface area contributed by atoms with E-state index in [0.29, 0.717) is 12.0 Å². The maximum atomic E-state index is 11.2. The number of carbonyl (C=O) groups excluding carboxylic acids is 2. The highest BCUT2D eigenvalue weighted by Crippen LogP contribution is 2.08. The number of ether oxygens (including phenoxy) is 1. The van der Waals surface area contributed by atoms with E-state index >= 15 is 0 Å². The molecule has 0 fully saturated rings. The topological polar surface area (TPSA) is 69.4 Å². The van der Waals surface area contributed by atoms with Crippen molar-refractivity contribution < 1.29 is 18.8 Å². The molecule has 0 unspecified atom stereocenters. The second-order valence-corrected chi connectivity index (χ2v) is 2.27. The van der Waals surface area contributed by atoms with Gasteiger partial charge >= 0.3 is 5.97 Å². The predicted molar refractivity (Wildman–Crippen MR) is 42.2 cm³/mol.